The number of alkyl halides is 3. The van der Waals surface area contributed by atoms with Crippen molar-refractivity contribution < 1.29 is 54.7 Å². The summed E-state index contributed by atoms with van der Waals surface area (Å²) in [5.41, 5.74) is -2.71. The first-order valence-corrected chi connectivity index (χ1v) is 16.0. The molecule has 0 heterocycles. The summed E-state index contributed by atoms with van der Waals surface area (Å²) in [5, 5.41) is 0. The average Bonchev–Trinajstić information content (AvgIpc) is 2.91. The standard InChI is InChI=1S/C32H33F3O9S/c1-29(2,11-10-21-6-4-3-5-7-21)42-26-15-24(8-9-25(26)43-32(33,34)35)27(36)44-31-18-22-14-23(19-31)17-30(16-22,20-31)28(37)41-12-13-45(38,39)40/h3-9,15,22-23H,12-14,16-20H2,1-2H3,(H,38,39,40)/p-1. The number of halogens is 3. The molecule has 242 valence electrons. The normalized spacial score (nSPS) is 25.6. The van der Waals surface area contributed by atoms with E-state index in [0.717, 1.165) is 24.6 Å². The fourth-order valence-corrected chi connectivity index (χ4v) is 7.44. The predicted octanol–water partition coefficient (Wildman–Crippen LogP) is 5.38. The average molecular weight is 650 g/mol. The number of ether oxygens (including phenoxy) is 4. The Bertz CT molecular complexity index is 1610. The monoisotopic (exact) mass is 649 g/mol. The molecule has 6 rings (SSSR count). The van der Waals surface area contributed by atoms with E-state index in [0.29, 0.717) is 31.2 Å². The molecular formula is C32H32F3O9S-. The summed E-state index contributed by atoms with van der Waals surface area (Å²) in [4.78, 5) is 26.7. The zero-order valence-corrected chi connectivity index (χ0v) is 25.5. The van der Waals surface area contributed by atoms with Crippen molar-refractivity contribution in [2.45, 2.75) is 69.9 Å². The van der Waals surface area contributed by atoms with Crippen LogP contribution in [-0.4, -0.2) is 54.8 Å². The minimum Gasteiger partial charge on any atom is -0.748 e. The second-order valence-electron chi connectivity index (χ2n) is 12.6. The molecule has 13 heteroatoms. The lowest BCUT2D eigenvalue weighted by molar-refractivity contribution is -0.275. The first-order valence-electron chi connectivity index (χ1n) is 14.5. The van der Waals surface area contributed by atoms with Gasteiger partial charge in [0.25, 0.3) is 0 Å². The predicted molar refractivity (Wildman–Crippen MR) is 152 cm³/mol. The molecule has 0 amide bonds. The van der Waals surface area contributed by atoms with Gasteiger partial charge < -0.3 is 23.5 Å². The van der Waals surface area contributed by atoms with Crippen molar-refractivity contribution in [3.8, 4) is 23.3 Å². The lowest BCUT2D eigenvalue weighted by Gasteiger charge is -2.59. The molecule has 2 unspecified atom stereocenters. The molecule has 0 radical (unpaired) electrons. The van der Waals surface area contributed by atoms with Crippen molar-refractivity contribution >= 4 is 22.1 Å². The smallest absolute Gasteiger partial charge is 0.573 e. The van der Waals surface area contributed by atoms with Crippen LogP contribution in [0.25, 0.3) is 0 Å². The molecule has 9 nitrogen and oxygen atoms in total. The van der Waals surface area contributed by atoms with Crippen LogP contribution in [0.2, 0.25) is 0 Å². The summed E-state index contributed by atoms with van der Waals surface area (Å²) in [6.45, 7) is 2.56. The summed E-state index contributed by atoms with van der Waals surface area (Å²) in [6, 6.07) is 12.2. The van der Waals surface area contributed by atoms with E-state index in [1.807, 2.05) is 6.07 Å². The lowest BCUT2D eigenvalue weighted by atomic mass is 9.48. The van der Waals surface area contributed by atoms with E-state index in [4.69, 9.17) is 14.2 Å². The molecule has 0 spiro atoms. The van der Waals surface area contributed by atoms with Crippen LogP contribution in [0, 0.1) is 29.1 Å². The minimum atomic E-state index is -5.03. The second kappa shape index (κ2) is 11.9. The maximum atomic E-state index is 13.5. The van der Waals surface area contributed by atoms with E-state index >= 15 is 0 Å². The Morgan fingerprint density at radius 3 is 2.27 bits per heavy atom. The van der Waals surface area contributed by atoms with Crippen LogP contribution >= 0.6 is 0 Å². The quantitative estimate of drug-likeness (QED) is 0.200. The lowest BCUT2D eigenvalue weighted by Crippen LogP contribution is -2.60. The molecule has 0 N–H and O–H groups in total. The number of benzene rings is 2. The molecule has 2 atom stereocenters. The highest BCUT2D eigenvalue weighted by atomic mass is 32.2. The molecule has 2 aromatic rings. The molecule has 4 aliphatic carbocycles. The largest absolute Gasteiger partial charge is 0.748 e. The van der Waals surface area contributed by atoms with E-state index in [-0.39, 0.29) is 29.6 Å². The van der Waals surface area contributed by atoms with Gasteiger partial charge in [-0.25, -0.2) is 13.2 Å². The van der Waals surface area contributed by atoms with Crippen molar-refractivity contribution in [2.24, 2.45) is 17.3 Å². The number of carbonyl (C=O) groups is 2. The summed E-state index contributed by atoms with van der Waals surface area (Å²) in [7, 11) is -4.56. The van der Waals surface area contributed by atoms with Crippen molar-refractivity contribution in [2.75, 3.05) is 12.4 Å². The summed E-state index contributed by atoms with van der Waals surface area (Å²) in [5.74, 6) is 2.61. The highest BCUT2D eigenvalue weighted by molar-refractivity contribution is 7.85. The third kappa shape index (κ3) is 8.10. The van der Waals surface area contributed by atoms with Gasteiger partial charge >= 0.3 is 18.3 Å². The van der Waals surface area contributed by atoms with Gasteiger partial charge in [-0.2, -0.15) is 0 Å². The molecule has 0 aromatic heterocycles. The fourth-order valence-electron chi connectivity index (χ4n) is 7.15. The summed E-state index contributed by atoms with van der Waals surface area (Å²) in [6.07, 6.45) is -2.05. The van der Waals surface area contributed by atoms with E-state index in [1.54, 1.807) is 38.1 Å². The summed E-state index contributed by atoms with van der Waals surface area (Å²) < 4.78 is 93.9. The fraction of sp³-hybridized carbons (Fsp3) is 0.500. The zero-order valence-electron chi connectivity index (χ0n) is 24.6. The number of hydrogen-bond donors (Lipinski definition) is 0. The van der Waals surface area contributed by atoms with Crippen LogP contribution in [0.15, 0.2) is 48.5 Å². The highest BCUT2D eigenvalue weighted by Gasteiger charge is 2.63. The minimum absolute atomic E-state index is 0.0558. The highest BCUT2D eigenvalue weighted by Crippen LogP contribution is 2.63. The third-order valence-corrected chi connectivity index (χ3v) is 9.03. The molecule has 0 saturated heterocycles. The topological polar surface area (TPSA) is 128 Å². The first-order chi connectivity index (χ1) is 20.9. The Morgan fingerprint density at radius 2 is 1.64 bits per heavy atom. The van der Waals surface area contributed by atoms with Gasteiger partial charge in [-0.1, -0.05) is 30.0 Å². The Kier molecular flexibility index (Phi) is 8.61. The third-order valence-electron chi connectivity index (χ3n) is 8.37. The number of hydrogen-bond acceptors (Lipinski definition) is 9. The van der Waals surface area contributed by atoms with Gasteiger partial charge in [0.1, 0.15) is 12.2 Å². The first kappa shape index (κ1) is 32.6. The van der Waals surface area contributed by atoms with E-state index < -0.39 is 63.1 Å². The Labute approximate surface area is 259 Å². The maximum absolute atomic E-state index is 13.5. The molecule has 2 aromatic carbocycles. The van der Waals surface area contributed by atoms with Crippen LogP contribution in [0.5, 0.6) is 11.5 Å². The molecule has 4 aliphatic rings. The van der Waals surface area contributed by atoms with Crippen LogP contribution < -0.4 is 9.47 Å². The van der Waals surface area contributed by atoms with Crippen molar-refractivity contribution in [3.63, 3.8) is 0 Å². The molecule has 4 saturated carbocycles. The summed E-state index contributed by atoms with van der Waals surface area (Å²) >= 11 is 0. The molecule has 4 fully saturated rings. The number of rotatable bonds is 9. The van der Waals surface area contributed by atoms with E-state index in [9.17, 15) is 35.7 Å². The van der Waals surface area contributed by atoms with Crippen LogP contribution in [0.4, 0.5) is 13.2 Å². The Balaban J connectivity index is 1.36. The second-order valence-corrected chi connectivity index (χ2v) is 14.2. The number of carbonyl (C=O) groups excluding carboxylic acids is 2. The van der Waals surface area contributed by atoms with Crippen molar-refractivity contribution in [1.29, 1.82) is 0 Å². The Hall–Kier alpha value is -3.76. The van der Waals surface area contributed by atoms with Crippen LogP contribution in [0.1, 0.15) is 68.3 Å². The Morgan fingerprint density at radius 1 is 0.978 bits per heavy atom. The number of esters is 2. The van der Waals surface area contributed by atoms with Gasteiger partial charge in [0.05, 0.1) is 26.8 Å². The van der Waals surface area contributed by atoms with Gasteiger partial charge in [0.15, 0.2) is 17.1 Å². The molecule has 45 heavy (non-hydrogen) atoms. The molecular weight excluding hydrogens is 617 g/mol. The van der Waals surface area contributed by atoms with Crippen LogP contribution in [-0.2, 0) is 24.4 Å². The van der Waals surface area contributed by atoms with E-state index in [1.165, 1.54) is 0 Å². The molecule has 0 aliphatic heterocycles. The van der Waals surface area contributed by atoms with Gasteiger partial charge in [-0.15, -0.1) is 13.2 Å². The zero-order chi connectivity index (χ0) is 32.7. The maximum Gasteiger partial charge on any atom is 0.573 e. The van der Waals surface area contributed by atoms with Crippen LogP contribution in [0.3, 0.4) is 0 Å². The van der Waals surface area contributed by atoms with Gasteiger partial charge in [-0.3, -0.25) is 4.79 Å². The SMILES string of the molecule is CC(C)(C#Cc1ccccc1)Oc1cc(C(=O)OC23CC4CC(C2)CC(C(=O)OCCS(=O)(=O)[O-])(C4)C3)ccc1OC(F)(F)F. The van der Waals surface area contributed by atoms with E-state index in [2.05, 4.69) is 16.6 Å². The molecule has 4 bridgehead atoms. The van der Waals surface area contributed by atoms with Gasteiger partial charge in [0, 0.05) is 12.0 Å². The van der Waals surface area contributed by atoms with Gasteiger partial charge in [0.2, 0.25) is 0 Å². The van der Waals surface area contributed by atoms with Crippen molar-refractivity contribution in [3.05, 3.63) is 59.7 Å². The van der Waals surface area contributed by atoms with Crippen molar-refractivity contribution in [1.82, 2.24) is 0 Å². The van der Waals surface area contributed by atoms with Gasteiger partial charge in [-0.05, 0) is 88.1 Å².